The van der Waals surface area contributed by atoms with Gasteiger partial charge in [-0.15, -0.1) is 0 Å². The highest BCUT2D eigenvalue weighted by Crippen LogP contribution is 2.30. The molecule has 0 bridgehead atoms. The van der Waals surface area contributed by atoms with Gasteiger partial charge in [0.25, 0.3) is 5.91 Å². The van der Waals surface area contributed by atoms with Crippen LogP contribution in [0.3, 0.4) is 0 Å². The molecule has 2 aromatic carbocycles. The van der Waals surface area contributed by atoms with Crippen LogP contribution in [0.5, 0.6) is 0 Å². The largest absolute Gasteiger partial charge is 0.372 e. The predicted octanol–water partition coefficient (Wildman–Crippen LogP) is 2.52. The molecule has 2 aromatic rings. The molecule has 1 saturated heterocycles. The summed E-state index contributed by atoms with van der Waals surface area (Å²) in [7, 11) is 2.13. The summed E-state index contributed by atoms with van der Waals surface area (Å²) in [5.41, 5.74) is -0.516. The van der Waals surface area contributed by atoms with Crippen molar-refractivity contribution in [3.8, 4) is 0 Å². The number of hydrogen-bond acceptors (Lipinski definition) is 3. The molecule has 1 aliphatic heterocycles. The molecule has 1 fully saturated rings. The number of carbonyl (C=O) groups excluding carboxylic acids is 1. The summed E-state index contributed by atoms with van der Waals surface area (Å²) in [6.07, 6.45) is 3.29. The molecule has 2 N–H and O–H groups in total. The van der Waals surface area contributed by atoms with E-state index in [0.29, 0.717) is 23.7 Å². The van der Waals surface area contributed by atoms with Crippen LogP contribution < -0.4 is 5.32 Å². The van der Waals surface area contributed by atoms with Crippen LogP contribution >= 0.6 is 0 Å². The van der Waals surface area contributed by atoms with Gasteiger partial charge in [0.2, 0.25) is 0 Å². The first-order valence-corrected chi connectivity index (χ1v) is 8.94. The molecule has 1 unspecified atom stereocenters. The van der Waals surface area contributed by atoms with Crippen LogP contribution in [0.25, 0.3) is 0 Å². The summed E-state index contributed by atoms with van der Waals surface area (Å²) in [4.78, 5) is 15.3. The van der Waals surface area contributed by atoms with E-state index in [4.69, 9.17) is 0 Å². The third kappa shape index (κ3) is 3.75. The highest BCUT2D eigenvalue weighted by atomic mass is 16.3. The van der Waals surface area contributed by atoms with Crippen molar-refractivity contribution >= 4 is 5.91 Å². The molecule has 0 aliphatic carbocycles. The molecule has 0 saturated carbocycles. The van der Waals surface area contributed by atoms with Crippen molar-refractivity contribution in [3.05, 3.63) is 71.8 Å². The number of amides is 1. The van der Waals surface area contributed by atoms with E-state index in [1.807, 2.05) is 36.4 Å². The van der Waals surface area contributed by atoms with Crippen LogP contribution in [0.15, 0.2) is 60.7 Å². The maximum absolute atomic E-state index is 12.9. The lowest BCUT2D eigenvalue weighted by atomic mass is 9.85. The number of carbonyl (C=O) groups is 1. The molecule has 1 amide bonds. The van der Waals surface area contributed by atoms with Gasteiger partial charge >= 0.3 is 0 Å². The van der Waals surface area contributed by atoms with E-state index in [0.717, 1.165) is 13.0 Å². The summed E-state index contributed by atoms with van der Waals surface area (Å²) in [6, 6.07) is 18.8. The van der Waals surface area contributed by atoms with E-state index in [2.05, 4.69) is 17.3 Å². The van der Waals surface area contributed by atoms with E-state index >= 15 is 0 Å². The molecule has 0 spiro atoms. The van der Waals surface area contributed by atoms with Crippen molar-refractivity contribution < 1.29 is 9.90 Å². The Bertz CT molecular complexity index is 648. The fourth-order valence-electron chi connectivity index (χ4n) is 3.61. The zero-order valence-corrected chi connectivity index (χ0v) is 14.7. The quantitative estimate of drug-likeness (QED) is 0.851. The van der Waals surface area contributed by atoms with Gasteiger partial charge in [0.15, 0.2) is 5.60 Å². The topological polar surface area (TPSA) is 52.6 Å². The van der Waals surface area contributed by atoms with E-state index < -0.39 is 5.60 Å². The fourth-order valence-corrected chi connectivity index (χ4v) is 3.61. The summed E-state index contributed by atoms with van der Waals surface area (Å²) in [5.74, 6) is -0.370. The second kappa shape index (κ2) is 7.81. The van der Waals surface area contributed by atoms with E-state index in [9.17, 15) is 9.90 Å². The minimum Gasteiger partial charge on any atom is -0.372 e. The molecule has 4 nitrogen and oxygen atoms in total. The Balaban J connectivity index is 1.76. The first-order valence-electron chi connectivity index (χ1n) is 8.94. The Hall–Kier alpha value is -2.17. The van der Waals surface area contributed by atoms with Gasteiger partial charge in [0, 0.05) is 12.6 Å². The number of nitrogens with one attached hydrogen (secondary N) is 1. The van der Waals surface area contributed by atoms with Crippen LogP contribution in [-0.4, -0.2) is 42.1 Å². The minimum absolute atomic E-state index is 0.370. The molecule has 1 atom stereocenters. The molecular weight excluding hydrogens is 312 g/mol. The molecule has 3 rings (SSSR count). The second-order valence-electron chi connectivity index (χ2n) is 6.76. The van der Waals surface area contributed by atoms with E-state index in [1.54, 1.807) is 24.3 Å². The average Bonchev–Trinajstić information content (AvgIpc) is 3.07. The number of benzene rings is 2. The number of likely N-dealkylation sites (tertiary alicyclic amines) is 1. The van der Waals surface area contributed by atoms with E-state index in [-0.39, 0.29) is 5.91 Å². The van der Waals surface area contributed by atoms with E-state index in [1.165, 1.54) is 12.8 Å². The molecule has 1 aliphatic rings. The van der Waals surface area contributed by atoms with Crippen LogP contribution in [0.4, 0.5) is 0 Å². The smallest absolute Gasteiger partial charge is 0.261 e. The third-order valence-corrected chi connectivity index (χ3v) is 5.15. The van der Waals surface area contributed by atoms with Crippen LogP contribution in [0.1, 0.15) is 30.4 Å². The molecule has 1 heterocycles. The van der Waals surface area contributed by atoms with Crippen LogP contribution in [-0.2, 0) is 10.4 Å². The van der Waals surface area contributed by atoms with Crippen LogP contribution in [0, 0.1) is 0 Å². The number of aliphatic hydroxyl groups is 1. The zero-order valence-electron chi connectivity index (χ0n) is 14.7. The predicted molar refractivity (Wildman–Crippen MR) is 99.2 cm³/mol. The van der Waals surface area contributed by atoms with Gasteiger partial charge in [-0.3, -0.25) is 4.79 Å². The molecule has 0 aromatic heterocycles. The normalized spacial score (nSPS) is 18.2. The molecular formula is C21H26N2O2. The van der Waals surface area contributed by atoms with Crippen LogP contribution in [0.2, 0.25) is 0 Å². The van der Waals surface area contributed by atoms with Gasteiger partial charge in [0.05, 0.1) is 0 Å². The van der Waals surface area contributed by atoms with Gasteiger partial charge in [0.1, 0.15) is 0 Å². The average molecular weight is 338 g/mol. The van der Waals surface area contributed by atoms with Gasteiger partial charge in [-0.2, -0.15) is 0 Å². The van der Waals surface area contributed by atoms with Crippen molar-refractivity contribution in [2.24, 2.45) is 0 Å². The number of rotatable bonds is 6. The molecule has 4 heteroatoms. The lowest BCUT2D eigenvalue weighted by Gasteiger charge is -2.28. The fraction of sp³-hybridized carbons (Fsp3) is 0.381. The highest BCUT2D eigenvalue weighted by Gasteiger charge is 2.39. The highest BCUT2D eigenvalue weighted by molar-refractivity contribution is 5.90. The van der Waals surface area contributed by atoms with Gasteiger partial charge in [-0.05, 0) is 44.0 Å². The standard InChI is InChI=1S/C21H26N2O2/c1-23-16-8-13-19(23)14-15-22-20(24)21(25,17-9-4-2-5-10-17)18-11-6-3-7-12-18/h2-7,9-12,19,25H,8,13-16H2,1H3,(H,22,24). The maximum Gasteiger partial charge on any atom is 0.261 e. The zero-order chi connectivity index (χ0) is 17.7. The first kappa shape index (κ1) is 17.6. The molecule has 132 valence electrons. The Morgan fingerprint density at radius 3 is 2.16 bits per heavy atom. The number of nitrogens with zero attached hydrogens (tertiary/aromatic N) is 1. The van der Waals surface area contributed by atoms with Gasteiger partial charge in [-0.1, -0.05) is 60.7 Å². The van der Waals surface area contributed by atoms with Crippen molar-refractivity contribution in [1.82, 2.24) is 10.2 Å². The van der Waals surface area contributed by atoms with Crippen molar-refractivity contribution in [2.75, 3.05) is 20.1 Å². The van der Waals surface area contributed by atoms with Crippen molar-refractivity contribution in [3.63, 3.8) is 0 Å². The van der Waals surface area contributed by atoms with Gasteiger partial charge < -0.3 is 15.3 Å². The van der Waals surface area contributed by atoms with Crippen molar-refractivity contribution in [1.29, 1.82) is 0 Å². The maximum atomic E-state index is 12.9. The summed E-state index contributed by atoms with van der Waals surface area (Å²) in [6.45, 7) is 1.69. The Labute approximate surface area is 149 Å². The molecule has 25 heavy (non-hydrogen) atoms. The second-order valence-corrected chi connectivity index (χ2v) is 6.76. The monoisotopic (exact) mass is 338 g/mol. The van der Waals surface area contributed by atoms with Gasteiger partial charge in [-0.25, -0.2) is 0 Å². The Kier molecular flexibility index (Phi) is 5.51. The Morgan fingerprint density at radius 1 is 1.12 bits per heavy atom. The van der Waals surface area contributed by atoms with Crippen molar-refractivity contribution in [2.45, 2.75) is 30.9 Å². The lowest BCUT2D eigenvalue weighted by Crippen LogP contribution is -2.46. The Morgan fingerprint density at radius 2 is 1.68 bits per heavy atom. The summed E-state index contributed by atoms with van der Waals surface area (Å²) >= 11 is 0. The third-order valence-electron chi connectivity index (χ3n) is 5.15. The lowest BCUT2D eigenvalue weighted by molar-refractivity contribution is -0.136. The molecule has 0 radical (unpaired) electrons. The summed E-state index contributed by atoms with van der Waals surface area (Å²) < 4.78 is 0. The minimum atomic E-state index is -1.68. The first-order chi connectivity index (χ1) is 12.1. The summed E-state index contributed by atoms with van der Waals surface area (Å²) in [5, 5.41) is 14.3. The SMILES string of the molecule is CN1CCCC1CCNC(=O)C(O)(c1ccccc1)c1ccccc1. The number of hydrogen-bond donors (Lipinski definition) is 2.